The number of carbonyl (C=O) groups excluding carboxylic acids is 1. The van der Waals surface area contributed by atoms with Crippen LogP contribution in [0.2, 0.25) is 0 Å². The molecule has 0 fully saturated rings. The molecule has 2 aromatic carbocycles. The highest BCUT2D eigenvalue weighted by atomic mass is 16.5. The summed E-state index contributed by atoms with van der Waals surface area (Å²) in [5.74, 6) is -0.246. The predicted octanol–water partition coefficient (Wildman–Crippen LogP) is 3.52. The first-order chi connectivity index (χ1) is 10.7. The van der Waals surface area contributed by atoms with Crippen LogP contribution in [0.15, 0.2) is 48.5 Å². The Balaban J connectivity index is 2.18. The number of anilines is 1. The Morgan fingerprint density at radius 3 is 2.64 bits per heavy atom. The number of benzene rings is 2. The zero-order valence-electron chi connectivity index (χ0n) is 12.4. The average Bonchev–Trinajstić information content (AvgIpc) is 2.88. The van der Waals surface area contributed by atoms with Gasteiger partial charge in [0, 0.05) is 16.6 Å². The van der Waals surface area contributed by atoms with Gasteiger partial charge in [0.1, 0.15) is 0 Å². The van der Waals surface area contributed by atoms with Crippen molar-refractivity contribution in [2.45, 2.75) is 13.3 Å². The minimum Gasteiger partial charge on any atom is -0.466 e. The van der Waals surface area contributed by atoms with Crippen molar-refractivity contribution >= 4 is 22.6 Å². The van der Waals surface area contributed by atoms with Crippen LogP contribution in [0, 0.1) is 0 Å². The van der Waals surface area contributed by atoms with Gasteiger partial charge in [0.2, 0.25) is 0 Å². The third kappa shape index (κ3) is 2.55. The molecule has 4 heteroatoms. The topological polar surface area (TPSA) is 68.1 Å². The van der Waals surface area contributed by atoms with E-state index in [-0.39, 0.29) is 12.4 Å². The number of aromatic amines is 1. The molecule has 3 rings (SSSR count). The van der Waals surface area contributed by atoms with E-state index in [9.17, 15) is 4.79 Å². The van der Waals surface area contributed by atoms with Crippen molar-refractivity contribution < 1.29 is 9.53 Å². The zero-order chi connectivity index (χ0) is 15.5. The van der Waals surface area contributed by atoms with E-state index in [0.29, 0.717) is 12.3 Å². The number of nitrogen functional groups attached to an aromatic ring is 1. The molecule has 0 aliphatic rings. The molecule has 3 N–H and O–H groups in total. The number of hydrogen-bond donors (Lipinski definition) is 2. The summed E-state index contributed by atoms with van der Waals surface area (Å²) >= 11 is 0. The minimum atomic E-state index is -0.246. The van der Waals surface area contributed by atoms with Crippen molar-refractivity contribution in [2.24, 2.45) is 0 Å². The molecule has 0 radical (unpaired) electrons. The number of ether oxygens (including phenoxy) is 1. The van der Waals surface area contributed by atoms with E-state index in [2.05, 4.69) is 4.98 Å². The van der Waals surface area contributed by atoms with Gasteiger partial charge >= 0.3 is 5.97 Å². The molecule has 1 heterocycles. The Kier molecular flexibility index (Phi) is 3.83. The van der Waals surface area contributed by atoms with Gasteiger partial charge in [-0.3, -0.25) is 4.79 Å². The van der Waals surface area contributed by atoms with Crippen molar-refractivity contribution in [3.05, 3.63) is 54.1 Å². The fourth-order valence-corrected chi connectivity index (χ4v) is 2.73. The molecule has 1 aromatic heterocycles. The van der Waals surface area contributed by atoms with E-state index in [1.165, 1.54) is 0 Å². The van der Waals surface area contributed by atoms with Crippen molar-refractivity contribution in [3.8, 4) is 11.3 Å². The van der Waals surface area contributed by atoms with E-state index < -0.39 is 0 Å². The SMILES string of the molecule is CCOC(=O)Cc1c(-c2ccccc2)[nH]c2cccc(N)c12. The second-order valence-corrected chi connectivity index (χ2v) is 5.10. The molecule has 112 valence electrons. The lowest BCUT2D eigenvalue weighted by Gasteiger charge is -2.06. The van der Waals surface area contributed by atoms with E-state index in [0.717, 1.165) is 27.7 Å². The van der Waals surface area contributed by atoms with Crippen LogP contribution in [-0.2, 0) is 16.0 Å². The third-order valence-corrected chi connectivity index (χ3v) is 3.65. The minimum absolute atomic E-state index is 0.201. The van der Waals surface area contributed by atoms with Crippen molar-refractivity contribution in [1.82, 2.24) is 4.98 Å². The van der Waals surface area contributed by atoms with Gasteiger partial charge < -0.3 is 15.5 Å². The number of rotatable bonds is 4. The van der Waals surface area contributed by atoms with Crippen LogP contribution in [0.3, 0.4) is 0 Å². The van der Waals surface area contributed by atoms with E-state index in [1.54, 1.807) is 6.92 Å². The average molecular weight is 294 g/mol. The zero-order valence-corrected chi connectivity index (χ0v) is 12.4. The van der Waals surface area contributed by atoms with Crippen LogP contribution in [0.4, 0.5) is 5.69 Å². The lowest BCUT2D eigenvalue weighted by molar-refractivity contribution is -0.142. The predicted molar refractivity (Wildman–Crippen MR) is 88.5 cm³/mol. The van der Waals surface area contributed by atoms with Crippen LogP contribution in [-0.4, -0.2) is 17.6 Å². The van der Waals surface area contributed by atoms with Gasteiger partial charge in [-0.1, -0.05) is 36.4 Å². The van der Waals surface area contributed by atoms with Gasteiger partial charge in [-0.25, -0.2) is 0 Å². The Hall–Kier alpha value is -2.75. The molecule has 0 bridgehead atoms. The van der Waals surface area contributed by atoms with Gasteiger partial charge in [0.15, 0.2) is 0 Å². The molecule has 0 amide bonds. The molecule has 3 aromatic rings. The van der Waals surface area contributed by atoms with Crippen LogP contribution >= 0.6 is 0 Å². The summed E-state index contributed by atoms with van der Waals surface area (Å²) in [6.45, 7) is 2.18. The fraction of sp³-hybridized carbons (Fsp3) is 0.167. The summed E-state index contributed by atoms with van der Waals surface area (Å²) in [4.78, 5) is 15.4. The van der Waals surface area contributed by atoms with Gasteiger partial charge in [-0.2, -0.15) is 0 Å². The van der Waals surface area contributed by atoms with Crippen LogP contribution in [0.1, 0.15) is 12.5 Å². The smallest absolute Gasteiger partial charge is 0.310 e. The standard InChI is InChI=1S/C18H18N2O2/c1-2-22-16(21)11-13-17-14(19)9-6-10-15(17)20-18(13)12-7-4-3-5-8-12/h3-10,20H,2,11,19H2,1H3. The summed E-state index contributed by atoms with van der Waals surface area (Å²) in [5, 5.41) is 0.898. The molecule has 0 aliphatic carbocycles. The molecule has 0 aliphatic heterocycles. The Labute approximate surface area is 128 Å². The first-order valence-corrected chi connectivity index (χ1v) is 7.30. The van der Waals surface area contributed by atoms with Crippen LogP contribution < -0.4 is 5.73 Å². The number of H-pyrrole nitrogens is 1. The first-order valence-electron chi connectivity index (χ1n) is 7.30. The van der Waals surface area contributed by atoms with E-state index in [1.807, 2.05) is 48.5 Å². The second kappa shape index (κ2) is 5.93. The highest BCUT2D eigenvalue weighted by Crippen LogP contribution is 2.34. The Morgan fingerprint density at radius 2 is 1.91 bits per heavy atom. The summed E-state index contributed by atoms with van der Waals surface area (Å²) < 4.78 is 5.10. The maximum Gasteiger partial charge on any atom is 0.310 e. The van der Waals surface area contributed by atoms with Gasteiger partial charge in [0.05, 0.1) is 18.7 Å². The number of esters is 1. The van der Waals surface area contributed by atoms with Crippen molar-refractivity contribution in [1.29, 1.82) is 0 Å². The number of nitrogens with two attached hydrogens (primary N) is 1. The fourth-order valence-electron chi connectivity index (χ4n) is 2.73. The highest BCUT2D eigenvalue weighted by molar-refractivity contribution is 6.00. The quantitative estimate of drug-likeness (QED) is 0.571. The maximum absolute atomic E-state index is 12.0. The van der Waals surface area contributed by atoms with Gasteiger partial charge in [0.25, 0.3) is 0 Å². The van der Waals surface area contributed by atoms with Gasteiger partial charge in [-0.15, -0.1) is 0 Å². The van der Waals surface area contributed by atoms with E-state index in [4.69, 9.17) is 10.5 Å². The largest absolute Gasteiger partial charge is 0.466 e. The number of aromatic nitrogens is 1. The maximum atomic E-state index is 12.0. The number of fused-ring (bicyclic) bond motifs is 1. The number of hydrogen-bond acceptors (Lipinski definition) is 3. The van der Waals surface area contributed by atoms with Gasteiger partial charge in [-0.05, 0) is 30.2 Å². The molecule has 0 saturated heterocycles. The molecule has 4 nitrogen and oxygen atoms in total. The molecular weight excluding hydrogens is 276 g/mol. The Bertz CT molecular complexity index is 807. The van der Waals surface area contributed by atoms with Crippen LogP contribution in [0.25, 0.3) is 22.2 Å². The first kappa shape index (κ1) is 14.2. The lowest BCUT2D eigenvalue weighted by atomic mass is 10.0. The second-order valence-electron chi connectivity index (χ2n) is 5.10. The number of carbonyl (C=O) groups is 1. The molecular formula is C18H18N2O2. The monoisotopic (exact) mass is 294 g/mol. The summed E-state index contributed by atoms with van der Waals surface area (Å²) in [5.41, 5.74) is 10.5. The van der Waals surface area contributed by atoms with Crippen molar-refractivity contribution in [2.75, 3.05) is 12.3 Å². The van der Waals surface area contributed by atoms with Crippen molar-refractivity contribution in [3.63, 3.8) is 0 Å². The normalized spacial score (nSPS) is 10.8. The summed E-state index contributed by atoms with van der Waals surface area (Å²) in [7, 11) is 0. The third-order valence-electron chi connectivity index (χ3n) is 3.65. The molecule has 0 saturated carbocycles. The molecule has 22 heavy (non-hydrogen) atoms. The lowest BCUT2D eigenvalue weighted by Crippen LogP contribution is -2.08. The summed E-state index contributed by atoms with van der Waals surface area (Å²) in [6.07, 6.45) is 0.201. The molecule has 0 atom stereocenters. The highest BCUT2D eigenvalue weighted by Gasteiger charge is 2.18. The number of nitrogens with one attached hydrogen (secondary N) is 1. The molecule has 0 spiro atoms. The molecule has 0 unspecified atom stereocenters. The van der Waals surface area contributed by atoms with Crippen LogP contribution in [0.5, 0.6) is 0 Å². The summed E-state index contributed by atoms with van der Waals surface area (Å²) in [6, 6.07) is 15.6. The Morgan fingerprint density at radius 1 is 1.14 bits per heavy atom. The van der Waals surface area contributed by atoms with E-state index >= 15 is 0 Å².